The van der Waals surface area contributed by atoms with Gasteiger partial charge >= 0.3 is 0 Å². The average molecular weight is 387 g/mol. The molecule has 0 heterocycles. The summed E-state index contributed by atoms with van der Waals surface area (Å²) in [6.45, 7) is 22.2. The van der Waals surface area contributed by atoms with E-state index in [2.05, 4.69) is 46.6 Å². The third kappa shape index (κ3) is 3.47. The van der Waals surface area contributed by atoms with E-state index in [-0.39, 0.29) is 0 Å². The van der Waals surface area contributed by atoms with Crippen molar-refractivity contribution in [3.63, 3.8) is 0 Å². The predicted octanol–water partition coefficient (Wildman–Crippen LogP) is 7.72. The van der Waals surface area contributed by atoms with Gasteiger partial charge in [-0.2, -0.15) is 0 Å². The molecule has 1 N–H and O–H groups in total. The van der Waals surface area contributed by atoms with E-state index in [4.69, 9.17) is 0 Å². The van der Waals surface area contributed by atoms with E-state index in [1.165, 1.54) is 56.9 Å². The Balaban J connectivity index is 0.000000660. The van der Waals surface area contributed by atoms with Crippen molar-refractivity contribution in [2.24, 2.45) is 34.0 Å². The highest BCUT2D eigenvalue weighted by Gasteiger charge is 2.62. The second kappa shape index (κ2) is 8.90. The van der Waals surface area contributed by atoms with Crippen molar-refractivity contribution in [3.05, 3.63) is 37.0 Å². The fourth-order valence-corrected chi connectivity index (χ4v) is 7.67. The van der Waals surface area contributed by atoms with Gasteiger partial charge in [0.1, 0.15) is 0 Å². The number of fused-ring (bicyclic) bond motifs is 5. The molecule has 0 bridgehead atoms. The van der Waals surface area contributed by atoms with Gasteiger partial charge in [0.05, 0.1) is 0 Å². The zero-order valence-corrected chi connectivity index (χ0v) is 19.4. The Morgan fingerprint density at radius 2 is 1.61 bits per heavy atom. The molecule has 0 radical (unpaired) electrons. The first kappa shape index (κ1) is 23.5. The van der Waals surface area contributed by atoms with E-state index < -0.39 is 0 Å². The molecule has 0 spiro atoms. The molecule has 6 atom stereocenters. The van der Waals surface area contributed by atoms with Gasteiger partial charge in [-0.3, -0.25) is 0 Å². The van der Waals surface area contributed by atoms with Crippen LogP contribution in [0.5, 0.6) is 0 Å². The molecule has 4 aliphatic rings. The largest absolute Gasteiger partial charge is 0.396 e. The maximum absolute atomic E-state index is 9.63. The number of allylic oxidation sites excluding steroid dienone is 3. The van der Waals surface area contributed by atoms with Crippen molar-refractivity contribution in [2.75, 3.05) is 6.61 Å². The summed E-state index contributed by atoms with van der Waals surface area (Å²) in [4.78, 5) is 0. The Kier molecular flexibility index (Phi) is 7.46. The average Bonchev–Trinajstić information content (AvgIpc) is 2.97. The quantitative estimate of drug-likeness (QED) is 0.481. The van der Waals surface area contributed by atoms with E-state index in [0.29, 0.717) is 22.9 Å². The van der Waals surface area contributed by atoms with Crippen molar-refractivity contribution >= 4 is 0 Å². The van der Waals surface area contributed by atoms with Crippen LogP contribution >= 0.6 is 0 Å². The van der Waals surface area contributed by atoms with Gasteiger partial charge in [0.2, 0.25) is 0 Å². The Labute approximate surface area is 175 Å². The highest BCUT2D eigenvalue weighted by atomic mass is 16.3. The molecule has 0 aromatic heterocycles. The smallest absolute Gasteiger partial charge is 0.0436 e. The third-order valence-corrected chi connectivity index (χ3v) is 9.52. The van der Waals surface area contributed by atoms with Crippen LogP contribution in [0.25, 0.3) is 0 Å². The van der Waals surface area contributed by atoms with E-state index in [9.17, 15) is 5.11 Å². The van der Waals surface area contributed by atoms with Crippen LogP contribution in [0.3, 0.4) is 0 Å². The molecule has 3 fully saturated rings. The molecule has 1 nitrogen and oxygen atoms in total. The zero-order chi connectivity index (χ0) is 21.2. The molecule has 0 aromatic rings. The normalized spacial score (nSPS) is 43.9. The van der Waals surface area contributed by atoms with Crippen molar-refractivity contribution in [3.8, 4) is 0 Å². The molecule has 0 aliphatic heterocycles. The lowest BCUT2D eigenvalue weighted by atomic mass is 9.45. The molecule has 4 rings (SSSR count). The summed E-state index contributed by atoms with van der Waals surface area (Å²) in [5, 5.41) is 9.63. The molecule has 0 aromatic carbocycles. The predicted molar refractivity (Wildman–Crippen MR) is 123 cm³/mol. The summed E-state index contributed by atoms with van der Waals surface area (Å²) in [7, 11) is 0. The van der Waals surface area contributed by atoms with Gasteiger partial charge in [-0.25, -0.2) is 0 Å². The van der Waals surface area contributed by atoms with Gasteiger partial charge in [-0.05, 0) is 91.8 Å². The van der Waals surface area contributed by atoms with E-state index in [0.717, 1.165) is 24.2 Å². The number of hydrogen-bond donors (Lipinski definition) is 1. The molecule has 0 amide bonds. The van der Waals surface area contributed by atoms with Crippen LogP contribution in [0, 0.1) is 34.0 Å². The molecule has 6 unspecified atom stereocenters. The summed E-state index contributed by atoms with van der Waals surface area (Å²) >= 11 is 0. The molecule has 1 heteroatoms. The van der Waals surface area contributed by atoms with E-state index in [1.54, 1.807) is 5.57 Å². The van der Waals surface area contributed by atoms with Crippen LogP contribution in [0.2, 0.25) is 0 Å². The van der Waals surface area contributed by atoms with Gasteiger partial charge in [-0.15, -0.1) is 13.2 Å². The van der Waals surface area contributed by atoms with Gasteiger partial charge in [0.15, 0.2) is 0 Å². The maximum atomic E-state index is 9.63. The fourth-order valence-electron chi connectivity index (χ4n) is 7.67. The number of aliphatic hydroxyl groups is 1. The van der Waals surface area contributed by atoms with Crippen LogP contribution < -0.4 is 0 Å². The summed E-state index contributed by atoms with van der Waals surface area (Å²) in [6, 6.07) is 0. The molecular formula is C27H46O. The summed E-state index contributed by atoms with van der Waals surface area (Å²) in [5.74, 6) is 2.69. The second-order valence-electron chi connectivity index (χ2n) is 10.2. The molecule has 28 heavy (non-hydrogen) atoms. The van der Waals surface area contributed by atoms with Crippen LogP contribution in [-0.4, -0.2) is 11.7 Å². The van der Waals surface area contributed by atoms with Crippen LogP contribution in [0.15, 0.2) is 37.0 Å². The highest BCUT2D eigenvalue weighted by molar-refractivity contribution is 5.33. The first-order valence-electron chi connectivity index (χ1n) is 11.8. The summed E-state index contributed by atoms with van der Waals surface area (Å²) in [6.07, 6.45) is 14.2. The molecular weight excluding hydrogens is 340 g/mol. The molecule has 4 aliphatic carbocycles. The molecule has 3 saturated carbocycles. The first-order chi connectivity index (χ1) is 13.3. The van der Waals surface area contributed by atoms with Crippen LogP contribution in [-0.2, 0) is 0 Å². The lowest BCUT2D eigenvalue weighted by molar-refractivity contribution is -0.0794. The monoisotopic (exact) mass is 386 g/mol. The molecule has 0 saturated heterocycles. The van der Waals surface area contributed by atoms with Gasteiger partial charge < -0.3 is 5.11 Å². The third-order valence-electron chi connectivity index (χ3n) is 9.52. The van der Waals surface area contributed by atoms with Gasteiger partial charge in [-0.1, -0.05) is 58.4 Å². The number of rotatable bonds is 2. The highest BCUT2D eigenvalue weighted by Crippen LogP contribution is 2.70. The second-order valence-corrected chi connectivity index (χ2v) is 10.2. The fraction of sp³-hybridized carbons (Fsp3) is 0.778. The standard InChI is InChI=1S/C23H36O.C2H6.C2H4/c1-16-7-11-22(3)17(15-16)5-6-18-19(22)9-12-23(4)20(18)8-10-21(23,2)13-14-24;2*1-2/h15,18-20,24H,1,5-14H2,2-4H3;1-2H3;1-2H2. The number of hydrogen-bond acceptors (Lipinski definition) is 1. The Morgan fingerprint density at radius 1 is 0.964 bits per heavy atom. The molecule has 160 valence electrons. The SMILES string of the molecule is C=C.C=C1C=C2CCC3C(CCC4(C)C3CCC4(C)CCO)C2(C)CC1.CC. The Bertz CT molecular complexity index is 589. The zero-order valence-electron chi connectivity index (χ0n) is 19.4. The minimum Gasteiger partial charge on any atom is -0.396 e. The van der Waals surface area contributed by atoms with Crippen molar-refractivity contribution in [2.45, 2.75) is 92.4 Å². The maximum Gasteiger partial charge on any atom is 0.0436 e. The van der Waals surface area contributed by atoms with Gasteiger partial charge in [0, 0.05) is 6.61 Å². The summed E-state index contributed by atoms with van der Waals surface area (Å²) < 4.78 is 0. The minimum absolute atomic E-state index is 0.356. The van der Waals surface area contributed by atoms with E-state index in [1.807, 2.05) is 13.8 Å². The van der Waals surface area contributed by atoms with Crippen LogP contribution in [0.4, 0.5) is 0 Å². The van der Waals surface area contributed by atoms with Crippen molar-refractivity contribution in [1.29, 1.82) is 0 Å². The topological polar surface area (TPSA) is 20.2 Å². The Morgan fingerprint density at radius 3 is 2.25 bits per heavy atom. The summed E-state index contributed by atoms with van der Waals surface area (Å²) in [5.41, 5.74) is 4.33. The van der Waals surface area contributed by atoms with Crippen molar-refractivity contribution in [1.82, 2.24) is 0 Å². The Hall–Kier alpha value is -0.820. The van der Waals surface area contributed by atoms with E-state index >= 15 is 0 Å². The first-order valence-corrected chi connectivity index (χ1v) is 11.8. The lowest BCUT2D eigenvalue weighted by Gasteiger charge is -2.60. The van der Waals surface area contributed by atoms with Crippen molar-refractivity contribution < 1.29 is 5.11 Å². The number of aliphatic hydroxyl groups excluding tert-OH is 1. The lowest BCUT2D eigenvalue weighted by Crippen LogP contribution is -2.52. The van der Waals surface area contributed by atoms with Gasteiger partial charge in [0.25, 0.3) is 0 Å². The van der Waals surface area contributed by atoms with Crippen LogP contribution in [0.1, 0.15) is 92.4 Å². The minimum atomic E-state index is 0.356.